The zero-order valence-corrected chi connectivity index (χ0v) is 12.6. The predicted molar refractivity (Wildman–Crippen MR) is 87.0 cm³/mol. The number of methoxy groups -OCH3 is 1. The van der Waals surface area contributed by atoms with Crippen molar-refractivity contribution in [2.75, 3.05) is 7.11 Å². The maximum absolute atomic E-state index is 5.28. The molecule has 5 nitrogen and oxygen atoms in total. The first-order valence-corrected chi connectivity index (χ1v) is 7.55. The quantitative estimate of drug-likeness (QED) is 0.626. The number of thiazole rings is 1. The van der Waals surface area contributed by atoms with Gasteiger partial charge in [-0.1, -0.05) is 0 Å². The molecule has 0 aliphatic heterocycles. The number of hydrogen-bond donors (Lipinski definition) is 1. The maximum atomic E-state index is 5.28. The Morgan fingerprint density at radius 1 is 1.09 bits per heavy atom. The van der Waals surface area contributed by atoms with Gasteiger partial charge in [-0.15, -0.1) is 11.3 Å². The lowest BCUT2D eigenvalue weighted by Gasteiger charge is -2.03. The number of nitrogens with one attached hydrogen (secondary N) is 1. The summed E-state index contributed by atoms with van der Waals surface area (Å²) in [5.74, 6) is 0.839. The third-order valence-electron chi connectivity index (χ3n) is 3.44. The monoisotopic (exact) mass is 308 g/mol. The lowest BCUT2D eigenvalue weighted by molar-refractivity contribution is 0.415. The molecule has 6 heteroatoms. The molecule has 22 heavy (non-hydrogen) atoms. The molecule has 3 aromatic heterocycles. The minimum absolute atomic E-state index is 0.839. The topological polar surface area (TPSA) is 63.7 Å². The van der Waals surface area contributed by atoms with Crippen LogP contribution in [0.5, 0.6) is 5.75 Å². The fourth-order valence-corrected chi connectivity index (χ4v) is 3.38. The minimum Gasteiger partial charge on any atom is -0.497 e. The van der Waals surface area contributed by atoms with E-state index in [-0.39, 0.29) is 0 Å². The molecule has 0 bridgehead atoms. The van der Waals surface area contributed by atoms with Crippen molar-refractivity contribution < 1.29 is 4.74 Å². The zero-order valence-electron chi connectivity index (χ0n) is 11.8. The smallest absolute Gasteiger partial charge is 0.125 e. The molecule has 0 aliphatic carbocycles. The van der Waals surface area contributed by atoms with Crippen molar-refractivity contribution in [2.45, 2.75) is 0 Å². The highest BCUT2D eigenvalue weighted by Gasteiger charge is 2.13. The van der Waals surface area contributed by atoms with E-state index < -0.39 is 0 Å². The molecule has 0 saturated carbocycles. The van der Waals surface area contributed by atoms with Crippen molar-refractivity contribution in [3.05, 3.63) is 48.9 Å². The van der Waals surface area contributed by atoms with Crippen LogP contribution in [-0.4, -0.2) is 27.3 Å². The summed E-state index contributed by atoms with van der Waals surface area (Å²) in [5.41, 5.74) is 3.93. The van der Waals surface area contributed by atoms with Gasteiger partial charge in [-0.2, -0.15) is 5.10 Å². The number of benzene rings is 1. The second kappa shape index (κ2) is 5.23. The van der Waals surface area contributed by atoms with Crippen molar-refractivity contribution in [3.63, 3.8) is 0 Å². The lowest BCUT2D eigenvalue weighted by Crippen LogP contribution is -1.86. The predicted octanol–water partition coefficient (Wildman–Crippen LogP) is 3.76. The SMILES string of the molecule is COc1ccc2nc(-c3ccncc3-c3ccn[nH]3)sc2c1. The van der Waals surface area contributed by atoms with Crippen molar-refractivity contribution >= 4 is 21.6 Å². The summed E-state index contributed by atoms with van der Waals surface area (Å²) in [6, 6.07) is 9.81. The Morgan fingerprint density at radius 2 is 2.05 bits per heavy atom. The number of nitrogens with zero attached hydrogens (tertiary/aromatic N) is 3. The van der Waals surface area contributed by atoms with Crippen molar-refractivity contribution in [1.29, 1.82) is 0 Å². The summed E-state index contributed by atoms with van der Waals surface area (Å²) >= 11 is 1.64. The van der Waals surface area contributed by atoms with E-state index in [2.05, 4.69) is 15.2 Å². The highest BCUT2D eigenvalue weighted by molar-refractivity contribution is 7.21. The van der Waals surface area contributed by atoms with E-state index in [1.165, 1.54) is 0 Å². The Bertz CT molecular complexity index is 930. The first-order chi connectivity index (χ1) is 10.8. The summed E-state index contributed by atoms with van der Waals surface area (Å²) in [6.45, 7) is 0. The highest BCUT2D eigenvalue weighted by Crippen LogP contribution is 2.36. The molecule has 0 atom stereocenters. The molecule has 4 aromatic rings. The third-order valence-corrected chi connectivity index (χ3v) is 4.49. The Balaban J connectivity index is 1.89. The van der Waals surface area contributed by atoms with E-state index >= 15 is 0 Å². The molecule has 108 valence electrons. The van der Waals surface area contributed by atoms with Crippen molar-refractivity contribution in [1.82, 2.24) is 20.2 Å². The van der Waals surface area contributed by atoms with Crippen molar-refractivity contribution in [2.24, 2.45) is 0 Å². The molecular formula is C16H12N4OS. The average Bonchev–Trinajstić information content (AvgIpc) is 3.23. The molecule has 1 N–H and O–H groups in total. The molecular weight excluding hydrogens is 296 g/mol. The van der Waals surface area contributed by atoms with Gasteiger partial charge in [-0.05, 0) is 30.3 Å². The summed E-state index contributed by atoms with van der Waals surface area (Å²) < 4.78 is 6.37. The number of rotatable bonds is 3. The van der Waals surface area contributed by atoms with Gasteiger partial charge < -0.3 is 4.74 Å². The van der Waals surface area contributed by atoms with Crippen molar-refractivity contribution in [3.8, 4) is 27.6 Å². The Hall–Kier alpha value is -2.73. The van der Waals surface area contributed by atoms with Crippen LogP contribution in [0.4, 0.5) is 0 Å². The number of hydrogen-bond acceptors (Lipinski definition) is 5. The molecule has 0 spiro atoms. The van der Waals surface area contributed by atoms with Crippen LogP contribution in [0.3, 0.4) is 0 Å². The van der Waals surface area contributed by atoms with Gasteiger partial charge in [-0.25, -0.2) is 4.98 Å². The van der Waals surface area contributed by atoms with Gasteiger partial charge >= 0.3 is 0 Å². The summed E-state index contributed by atoms with van der Waals surface area (Å²) in [7, 11) is 1.67. The van der Waals surface area contributed by atoms with Crippen LogP contribution >= 0.6 is 11.3 Å². The van der Waals surface area contributed by atoms with Gasteiger partial charge in [0.2, 0.25) is 0 Å². The van der Waals surface area contributed by atoms with E-state index in [1.807, 2.05) is 36.5 Å². The molecule has 4 rings (SSSR count). The van der Waals surface area contributed by atoms with Gasteiger partial charge in [0.05, 0.1) is 23.0 Å². The van der Waals surface area contributed by atoms with Gasteiger partial charge in [-0.3, -0.25) is 10.1 Å². The Labute approximate surface area is 130 Å². The first-order valence-electron chi connectivity index (χ1n) is 6.74. The van der Waals surface area contributed by atoms with Crippen LogP contribution in [0.25, 0.3) is 32.0 Å². The van der Waals surface area contributed by atoms with E-state index in [0.29, 0.717) is 0 Å². The molecule has 3 heterocycles. The lowest BCUT2D eigenvalue weighted by atomic mass is 10.1. The highest BCUT2D eigenvalue weighted by atomic mass is 32.1. The summed E-state index contributed by atoms with van der Waals surface area (Å²) in [6.07, 6.45) is 5.34. The van der Waals surface area contributed by atoms with Crippen LogP contribution in [0.1, 0.15) is 0 Å². The number of H-pyrrole nitrogens is 1. The van der Waals surface area contributed by atoms with Crippen LogP contribution < -0.4 is 4.74 Å². The third kappa shape index (κ3) is 2.14. The second-order valence-corrected chi connectivity index (χ2v) is 5.77. The van der Waals surface area contributed by atoms with E-state index in [1.54, 1.807) is 30.8 Å². The minimum atomic E-state index is 0.839. The summed E-state index contributed by atoms with van der Waals surface area (Å²) in [4.78, 5) is 8.95. The largest absolute Gasteiger partial charge is 0.497 e. The fourth-order valence-electron chi connectivity index (χ4n) is 2.35. The van der Waals surface area contributed by atoms with E-state index in [9.17, 15) is 0 Å². The zero-order chi connectivity index (χ0) is 14.9. The van der Waals surface area contributed by atoms with Crippen LogP contribution in [0.2, 0.25) is 0 Å². The Morgan fingerprint density at radius 3 is 2.86 bits per heavy atom. The molecule has 0 fully saturated rings. The number of aromatic nitrogens is 4. The maximum Gasteiger partial charge on any atom is 0.125 e. The molecule has 0 aliphatic rings. The number of fused-ring (bicyclic) bond motifs is 1. The first kappa shape index (κ1) is 13.0. The molecule has 0 saturated heterocycles. The number of ether oxygens (including phenoxy) is 1. The normalized spacial score (nSPS) is 11.0. The molecule has 0 amide bonds. The van der Waals surface area contributed by atoms with Crippen LogP contribution in [-0.2, 0) is 0 Å². The number of pyridine rings is 1. The summed E-state index contributed by atoms with van der Waals surface area (Å²) in [5, 5.41) is 7.95. The fraction of sp³-hybridized carbons (Fsp3) is 0.0625. The standard InChI is InChI=1S/C16H12N4OS/c1-21-10-2-3-14-15(8-10)22-16(19-14)11-4-6-17-9-12(11)13-5-7-18-20-13/h2-9H,1H3,(H,18,20). The van der Waals surface area contributed by atoms with Gasteiger partial charge in [0.15, 0.2) is 0 Å². The number of aromatic amines is 1. The van der Waals surface area contributed by atoms with Gasteiger partial charge in [0, 0.05) is 29.7 Å². The van der Waals surface area contributed by atoms with Gasteiger partial charge in [0.25, 0.3) is 0 Å². The van der Waals surface area contributed by atoms with Crippen LogP contribution in [0, 0.1) is 0 Å². The Kier molecular flexibility index (Phi) is 3.08. The molecule has 0 unspecified atom stereocenters. The second-order valence-electron chi connectivity index (χ2n) is 4.74. The van der Waals surface area contributed by atoms with E-state index in [0.717, 1.165) is 37.8 Å². The average molecular weight is 308 g/mol. The van der Waals surface area contributed by atoms with Crippen LogP contribution in [0.15, 0.2) is 48.9 Å². The van der Waals surface area contributed by atoms with E-state index in [4.69, 9.17) is 9.72 Å². The molecule has 0 radical (unpaired) electrons. The van der Waals surface area contributed by atoms with Gasteiger partial charge in [0.1, 0.15) is 10.8 Å². The molecule has 1 aromatic carbocycles.